The van der Waals surface area contributed by atoms with Crippen molar-refractivity contribution in [1.82, 2.24) is 4.98 Å². The number of anilines is 1. The molecule has 1 aliphatic rings. The third kappa shape index (κ3) is 2.83. The number of nitriles is 1. The van der Waals surface area contributed by atoms with Crippen LogP contribution in [0.2, 0.25) is 5.02 Å². The Balaban J connectivity index is 2.36. The normalized spacial score (nSPS) is 23.2. The second-order valence-electron chi connectivity index (χ2n) is 5.25. The Morgan fingerprint density at radius 1 is 1.63 bits per heavy atom. The zero-order valence-electron chi connectivity index (χ0n) is 11.4. The number of pyridine rings is 1. The number of aryl methyl sites for hydroxylation is 1. The number of nitrogens with two attached hydrogens (primary N) is 1. The summed E-state index contributed by atoms with van der Waals surface area (Å²) in [5.41, 5.74) is 7.12. The molecule has 0 saturated carbocycles. The Bertz CT molecular complexity index is 509. The highest BCUT2D eigenvalue weighted by molar-refractivity contribution is 6.33. The molecule has 0 aromatic carbocycles. The van der Waals surface area contributed by atoms with Gasteiger partial charge < -0.3 is 10.6 Å². The molecule has 1 aromatic heterocycles. The first-order valence-electron chi connectivity index (χ1n) is 6.60. The monoisotopic (exact) mass is 278 g/mol. The molecule has 0 aliphatic carbocycles. The highest BCUT2D eigenvalue weighted by Crippen LogP contribution is 2.32. The lowest BCUT2D eigenvalue weighted by atomic mass is 9.92. The van der Waals surface area contributed by atoms with Gasteiger partial charge in [0.1, 0.15) is 11.9 Å². The molecule has 1 fully saturated rings. The highest BCUT2D eigenvalue weighted by Gasteiger charge is 2.28. The van der Waals surface area contributed by atoms with Gasteiger partial charge in [-0.3, -0.25) is 0 Å². The predicted octanol–water partition coefficient (Wildman–Crippen LogP) is 2.48. The van der Waals surface area contributed by atoms with E-state index in [4.69, 9.17) is 22.6 Å². The summed E-state index contributed by atoms with van der Waals surface area (Å²) in [7, 11) is 0. The maximum atomic E-state index is 8.99. The van der Waals surface area contributed by atoms with Gasteiger partial charge in [-0.1, -0.05) is 18.5 Å². The fourth-order valence-corrected chi connectivity index (χ4v) is 2.90. The van der Waals surface area contributed by atoms with Crippen LogP contribution in [0.15, 0.2) is 6.07 Å². The molecule has 2 N–H and O–H groups in total. The molecule has 0 amide bonds. The molecular weight excluding hydrogens is 260 g/mol. The second kappa shape index (κ2) is 5.77. The number of halogens is 1. The van der Waals surface area contributed by atoms with Gasteiger partial charge in [0.2, 0.25) is 0 Å². The molecule has 102 valence electrons. The van der Waals surface area contributed by atoms with Gasteiger partial charge in [-0.15, -0.1) is 0 Å². The maximum absolute atomic E-state index is 8.99. The first kappa shape index (κ1) is 14.1. The Hall–Kier alpha value is -1.31. The van der Waals surface area contributed by atoms with Gasteiger partial charge in [-0.2, -0.15) is 5.26 Å². The first-order valence-corrected chi connectivity index (χ1v) is 6.98. The van der Waals surface area contributed by atoms with Crippen LogP contribution in [0.4, 0.5) is 5.82 Å². The quantitative estimate of drug-likeness (QED) is 0.902. The minimum Gasteiger partial charge on any atom is -0.351 e. The molecule has 5 heteroatoms. The number of rotatable bonds is 2. The van der Waals surface area contributed by atoms with Crippen molar-refractivity contribution in [2.75, 3.05) is 18.0 Å². The Labute approximate surface area is 119 Å². The molecule has 4 nitrogen and oxygen atoms in total. The topological polar surface area (TPSA) is 65.9 Å². The summed E-state index contributed by atoms with van der Waals surface area (Å²) in [6, 6.07) is 4.09. The maximum Gasteiger partial charge on any atom is 0.148 e. The van der Waals surface area contributed by atoms with Crippen LogP contribution in [-0.4, -0.2) is 24.1 Å². The van der Waals surface area contributed by atoms with Crippen molar-refractivity contribution in [2.45, 2.75) is 32.7 Å². The average molecular weight is 279 g/mol. The molecule has 1 saturated heterocycles. The van der Waals surface area contributed by atoms with E-state index in [1.807, 2.05) is 6.92 Å². The SMILES string of the molecule is Cc1nc(N2CCC(C)CC2CN)c(Cl)cc1C#N. The zero-order chi connectivity index (χ0) is 14.0. The molecule has 0 bridgehead atoms. The summed E-state index contributed by atoms with van der Waals surface area (Å²) in [6.07, 6.45) is 2.18. The van der Waals surface area contributed by atoms with Crippen LogP contribution in [0.25, 0.3) is 0 Å². The van der Waals surface area contributed by atoms with E-state index in [9.17, 15) is 0 Å². The van der Waals surface area contributed by atoms with Crippen molar-refractivity contribution in [3.8, 4) is 6.07 Å². The molecule has 2 atom stereocenters. The molecule has 1 aromatic rings. The third-order valence-corrected chi connectivity index (χ3v) is 4.07. The Morgan fingerprint density at radius 3 is 3.00 bits per heavy atom. The van der Waals surface area contributed by atoms with E-state index >= 15 is 0 Å². The smallest absolute Gasteiger partial charge is 0.148 e. The lowest BCUT2D eigenvalue weighted by molar-refractivity contribution is 0.365. The van der Waals surface area contributed by atoms with Crippen LogP contribution in [0.3, 0.4) is 0 Å². The van der Waals surface area contributed by atoms with Crippen LogP contribution in [0.1, 0.15) is 31.0 Å². The van der Waals surface area contributed by atoms with Crippen molar-refractivity contribution in [3.63, 3.8) is 0 Å². The van der Waals surface area contributed by atoms with Crippen LogP contribution in [0, 0.1) is 24.2 Å². The minimum absolute atomic E-state index is 0.279. The van der Waals surface area contributed by atoms with Crippen LogP contribution >= 0.6 is 11.6 Å². The van der Waals surface area contributed by atoms with Crippen molar-refractivity contribution >= 4 is 17.4 Å². The van der Waals surface area contributed by atoms with Gasteiger partial charge in [0, 0.05) is 19.1 Å². The van der Waals surface area contributed by atoms with E-state index in [-0.39, 0.29) is 6.04 Å². The van der Waals surface area contributed by atoms with Crippen molar-refractivity contribution in [2.24, 2.45) is 11.7 Å². The fourth-order valence-electron chi connectivity index (χ4n) is 2.64. The van der Waals surface area contributed by atoms with Gasteiger partial charge in [0.15, 0.2) is 0 Å². The number of piperidine rings is 1. The zero-order valence-corrected chi connectivity index (χ0v) is 12.1. The van der Waals surface area contributed by atoms with E-state index in [1.165, 1.54) is 0 Å². The summed E-state index contributed by atoms with van der Waals surface area (Å²) < 4.78 is 0. The third-order valence-electron chi connectivity index (χ3n) is 3.79. The highest BCUT2D eigenvalue weighted by atomic mass is 35.5. The van der Waals surface area contributed by atoms with E-state index in [2.05, 4.69) is 22.9 Å². The largest absolute Gasteiger partial charge is 0.351 e. The fraction of sp³-hybridized carbons (Fsp3) is 0.571. The van der Waals surface area contributed by atoms with Crippen molar-refractivity contribution < 1.29 is 0 Å². The Kier molecular flexibility index (Phi) is 4.28. The minimum atomic E-state index is 0.279. The van der Waals surface area contributed by atoms with Gasteiger partial charge >= 0.3 is 0 Å². The summed E-state index contributed by atoms with van der Waals surface area (Å²) in [5.74, 6) is 1.45. The standard InChI is InChI=1S/C14H19ClN4/c1-9-3-4-19(12(5-9)8-17)14-13(15)6-11(7-16)10(2)18-14/h6,9,12H,3-5,8,17H2,1-2H3. The molecule has 19 heavy (non-hydrogen) atoms. The number of aromatic nitrogens is 1. The number of hydrogen-bond donors (Lipinski definition) is 1. The van der Waals surface area contributed by atoms with Gasteiger partial charge in [-0.25, -0.2) is 4.98 Å². The average Bonchev–Trinajstić information content (AvgIpc) is 2.41. The van der Waals surface area contributed by atoms with Gasteiger partial charge in [0.25, 0.3) is 0 Å². The molecule has 2 heterocycles. The summed E-state index contributed by atoms with van der Waals surface area (Å²) >= 11 is 6.28. The van der Waals surface area contributed by atoms with Crippen LogP contribution < -0.4 is 10.6 Å². The molecular formula is C14H19ClN4. The second-order valence-corrected chi connectivity index (χ2v) is 5.66. The first-order chi connectivity index (χ1) is 9.06. The molecule has 2 rings (SSSR count). The lowest BCUT2D eigenvalue weighted by Gasteiger charge is -2.39. The Morgan fingerprint density at radius 2 is 2.37 bits per heavy atom. The van der Waals surface area contributed by atoms with Gasteiger partial charge in [0.05, 0.1) is 16.3 Å². The number of nitrogens with zero attached hydrogens (tertiary/aromatic N) is 3. The van der Waals surface area contributed by atoms with Gasteiger partial charge in [-0.05, 0) is 31.7 Å². The van der Waals surface area contributed by atoms with Crippen LogP contribution in [0.5, 0.6) is 0 Å². The number of hydrogen-bond acceptors (Lipinski definition) is 4. The molecule has 0 radical (unpaired) electrons. The molecule has 0 spiro atoms. The van der Waals surface area contributed by atoms with E-state index in [1.54, 1.807) is 6.07 Å². The predicted molar refractivity (Wildman–Crippen MR) is 77.3 cm³/mol. The van der Waals surface area contributed by atoms with E-state index in [0.29, 0.717) is 23.0 Å². The molecule has 1 aliphatic heterocycles. The van der Waals surface area contributed by atoms with Crippen LogP contribution in [-0.2, 0) is 0 Å². The summed E-state index contributed by atoms with van der Waals surface area (Å²) in [5, 5.41) is 9.53. The van der Waals surface area contributed by atoms with Crippen molar-refractivity contribution in [1.29, 1.82) is 5.26 Å². The van der Waals surface area contributed by atoms with E-state index < -0.39 is 0 Å². The molecule has 2 unspecified atom stereocenters. The van der Waals surface area contributed by atoms with Crippen molar-refractivity contribution in [3.05, 3.63) is 22.3 Å². The summed E-state index contributed by atoms with van der Waals surface area (Å²) in [6.45, 7) is 5.60. The summed E-state index contributed by atoms with van der Waals surface area (Å²) in [4.78, 5) is 6.70. The van der Waals surface area contributed by atoms with E-state index in [0.717, 1.165) is 30.9 Å². The lowest BCUT2D eigenvalue weighted by Crippen LogP contribution is -2.47.